The van der Waals surface area contributed by atoms with Crippen molar-refractivity contribution in [3.8, 4) is 0 Å². The first kappa shape index (κ1) is 28.4. The Hall–Kier alpha value is -3.85. The molecule has 192 valence electrons. The molecule has 1 aliphatic heterocycles. The molecule has 4 amide bonds. The summed E-state index contributed by atoms with van der Waals surface area (Å²) in [5.41, 5.74) is -1.89. The van der Waals surface area contributed by atoms with Crippen molar-refractivity contribution in [1.82, 2.24) is 16.0 Å². The van der Waals surface area contributed by atoms with Crippen LogP contribution in [0, 0.1) is 11.8 Å². The number of aliphatic hydroxyl groups is 1. The summed E-state index contributed by atoms with van der Waals surface area (Å²) in [5, 5.41) is 18.1. The van der Waals surface area contributed by atoms with Crippen LogP contribution >= 0.6 is 0 Å². The van der Waals surface area contributed by atoms with E-state index in [2.05, 4.69) is 10.6 Å². The minimum atomic E-state index is -2.57. The molecule has 0 bridgehead atoms. The zero-order valence-electron chi connectivity index (χ0n) is 20.9. The van der Waals surface area contributed by atoms with Gasteiger partial charge in [0.25, 0.3) is 5.91 Å². The van der Waals surface area contributed by atoms with Gasteiger partial charge in [0.1, 0.15) is 0 Å². The van der Waals surface area contributed by atoms with Gasteiger partial charge >= 0.3 is 0 Å². The molecule has 0 aromatic heterocycles. The first-order valence-electron chi connectivity index (χ1n) is 11.7. The average molecular weight is 496 g/mol. The fourth-order valence-corrected chi connectivity index (χ4v) is 3.76. The zero-order valence-corrected chi connectivity index (χ0v) is 20.9. The molecular formula is C27H33N3O6. The Balaban J connectivity index is 2.19. The maximum atomic E-state index is 13.2. The van der Waals surface area contributed by atoms with Crippen LogP contribution in [0.5, 0.6) is 0 Å². The Morgan fingerprint density at radius 3 is 2.25 bits per heavy atom. The molecule has 1 heterocycles. The molecule has 0 spiro atoms. The molecule has 9 heteroatoms. The molecule has 0 aliphatic carbocycles. The number of carbonyl (C=O) groups is 5. The van der Waals surface area contributed by atoms with Crippen molar-refractivity contribution in [2.75, 3.05) is 0 Å². The van der Waals surface area contributed by atoms with Crippen LogP contribution in [0.4, 0.5) is 0 Å². The zero-order chi connectivity index (χ0) is 26.9. The van der Waals surface area contributed by atoms with E-state index in [1.807, 2.05) is 24.4 Å². The Kier molecular flexibility index (Phi) is 10.0. The van der Waals surface area contributed by atoms with Gasteiger partial charge in [0.15, 0.2) is 5.78 Å². The second-order valence-corrected chi connectivity index (χ2v) is 8.91. The summed E-state index contributed by atoms with van der Waals surface area (Å²) in [6.45, 7) is 6.44. The Morgan fingerprint density at radius 2 is 1.69 bits per heavy atom. The van der Waals surface area contributed by atoms with Gasteiger partial charge in [-0.3, -0.25) is 29.3 Å². The molecule has 1 saturated heterocycles. The predicted octanol–water partition coefficient (Wildman–Crippen LogP) is 1.66. The van der Waals surface area contributed by atoms with Crippen LogP contribution in [0.1, 0.15) is 45.7 Å². The standard InChI is InChI=1S/C27H33N3O6/c1-5-6-7-8-12-15-21(31)28-20(19-13-10-9-11-14-19)16-22(32)29-23(17(2)3)24(33)27(36)18(4)25(34)30-26(27)35/h5-15,17-18,20,23,36H,16H2,1-4H3,(H,28,31)(H,29,32)(H,30,34,35). The molecule has 0 saturated carbocycles. The summed E-state index contributed by atoms with van der Waals surface area (Å²) in [5.74, 6) is -5.59. The summed E-state index contributed by atoms with van der Waals surface area (Å²) in [6.07, 6.45) is 9.82. The number of allylic oxidation sites excluding steroid dienone is 5. The summed E-state index contributed by atoms with van der Waals surface area (Å²) in [7, 11) is 0. The van der Waals surface area contributed by atoms with Crippen molar-refractivity contribution in [1.29, 1.82) is 0 Å². The lowest BCUT2D eigenvalue weighted by Gasteiger charge is -2.30. The van der Waals surface area contributed by atoms with Crippen molar-refractivity contribution in [2.45, 2.75) is 51.8 Å². The quantitative estimate of drug-likeness (QED) is 0.159. The number of carbonyl (C=O) groups excluding carboxylic acids is 5. The number of imide groups is 1. The minimum absolute atomic E-state index is 0.201. The first-order valence-corrected chi connectivity index (χ1v) is 11.7. The number of benzene rings is 1. The highest BCUT2D eigenvalue weighted by atomic mass is 16.3. The molecule has 4 N–H and O–H groups in total. The Bertz CT molecular complexity index is 1080. The third kappa shape index (κ3) is 6.85. The average Bonchev–Trinajstić information content (AvgIpc) is 3.04. The van der Waals surface area contributed by atoms with Crippen LogP contribution in [0.2, 0.25) is 0 Å². The smallest absolute Gasteiger partial charge is 0.267 e. The molecule has 1 aromatic carbocycles. The van der Waals surface area contributed by atoms with E-state index in [9.17, 15) is 29.1 Å². The SMILES string of the molecule is CC=CC=CC=CC(=O)NC(CC(=O)NC(C(=O)C1(O)C(=O)NC(=O)C1C)C(C)C)c1ccccc1. The normalized spacial score (nSPS) is 21.8. The molecule has 1 aliphatic rings. The Labute approximate surface area is 210 Å². The van der Waals surface area contributed by atoms with E-state index in [4.69, 9.17) is 0 Å². The number of rotatable bonds is 11. The van der Waals surface area contributed by atoms with Crippen LogP contribution in [-0.2, 0) is 24.0 Å². The highest BCUT2D eigenvalue weighted by molar-refractivity contribution is 6.22. The lowest BCUT2D eigenvalue weighted by molar-refractivity contribution is -0.156. The number of nitrogens with one attached hydrogen (secondary N) is 3. The van der Waals surface area contributed by atoms with Crippen LogP contribution in [0.25, 0.3) is 0 Å². The van der Waals surface area contributed by atoms with Gasteiger partial charge < -0.3 is 15.7 Å². The minimum Gasteiger partial charge on any atom is -0.372 e. The van der Waals surface area contributed by atoms with E-state index >= 15 is 0 Å². The van der Waals surface area contributed by atoms with Crippen LogP contribution in [-0.4, -0.2) is 46.2 Å². The fraction of sp³-hybridized carbons (Fsp3) is 0.370. The summed E-state index contributed by atoms with van der Waals surface area (Å²) < 4.78 is 0. The highest BCUT2D eigenvalue weighted by Gasteiger charge is 2.59. The van der Waals surface area contributed by atoms with E-state index < -0.39 is 58.9 Å². The maximum absolute atomic E-state index is 13.2. The van der Waals surface area contributed by atoms with E-state index in [0.29, 0.717) is 5.56 Å². The molecule has 36 heavy (non-hydrogen) atoms. The monoisotopic (exact) mass is 495 g/mol. The van der Waals surface area contributed by atoms with E-state index in [-0.39, 0.29) is 6.42 Å². The van der Waals surface area contributed by atoms with Gasteiger partial charge in [-0.05, 0) is 25.3 Å². The van der Waals surface area contributed by atoms with Crippen molar-refractivity contribution < 1.29 is 29.1 Å². The van der Waals surface area contributed by atoms with E-state index in [0.717, 1.165) is 0 Å². The molecule has 2 rings (SSSR count). The van der Waals surface area contributed by atoms with Crippen LogP contribution < -0.4 is 16.0 Å². The first-order chi connectivity index (χ1) is 17.0. The molecular weight excluding hydrogens is 462 g/mol. The molecule has 0 radical (unpaired) electrons. The predicted molar refractivity (Wildman–Crippen MR) is 134 cm³/mol. The van der Waals surface area contributed by atoms with E-state index in [1.165, 1.54) is 13.0 Å². The Morgan fingerprint density at radius 1 is 1.06 bits per heavy atom. The number of ketones is 1. The lowest BCUT2D eigenvalue weighted by atomic mass is 9.80. The molecule has 1 fully saturated rings. The molecule has 4 atom stereocenters. The van der Waals surface area contributed by atoms with Gasteiger partial charge in [0.05, 0.1) is 24.4 Å². The third-order valence-electron chi connectivity index (χ3n) is 5.93. The summed E-state index contributed by atoms with van der Waals surface area (Å²) in [6, 6.07) is 6.94. The van der Waals surface area contributed by atoms with Gasteiger partial charge in [0, 0.05) is 6.08 Å². The second kappa shape index (κ2) is 12.7. The number of Topliss-reactive ketones (excluding diaryl/α,β-unsaturated/α-hetero) is 1. The van der Waals surface area contributed by atoms with Gasteiger partial charge in [-0.25, -0.2) is 0 Å². The number of amides is 4. The van der Waals surface area contributed by atoms with Crippen molar-refractivity contribution >= 4 is 29.4 Å². The largest absolute Gasteiger partial charge is 0.372 e. The number of hydrogen-bond donors (Lipinski definition) is 4. The van der Waals surface area contributed by atoms with Crippen molar-refractivity contribution in [3.63, 3.8) is 0 Å². The fourth-order valence-electron chi connectivity index (χ4n) is 3.76. The van der Waals surface area contributed by atoms with Gasteiger partial charge in [-0.2, -0.15) is 0 Å². The van der Waals surface area contributed by atoms with Gasteiger partial charge in [-0.15, -0.1) is 0 Å². The number of hydrogen-bond acceptors (Lipinski definition) is 6. The van der Waals surface area contributed by atoms with Crippen LogP contribution in [0.3, 0.4) is 0 Å². The van der Waals surface area contributed by atoms with Gasteiger partial charge in [0.2, 0.25) is 23.3 Å². The third-order valence-corrected chi connectivity index (χ3v) is 5.93. The van der Waals surface area contributed by atoms with Crippen molar-refractivity contribution in [3.05, 3.63) is 72.4 Å². The highest BCUT2D eigenvalue weighted by Crippen LogP contribution is 2.28. The maximum Gasteiger partial charge on any atom is 0.267 e. The summed E-state index contributed by atoms with van der Waals surface area (Å²) >= 11 is 0. The topological polar surface area (TPSA) is 142 Å². The van der Waals surface area contributed by atoms with Crippen LogP contribution in [0.15, 0.2) is 66.8 Å². The van der Waals surface area contributed by atoms with Gasteiger partial charge in [-0.1, -0.05) is 74.6 Å². The van der Waals surface area contributed by atoms with E-state index in [1.54, 1.807) is 62.4 Å². The summed E-state index contributed by atoms with van der Waals surface area (Å²) in [4.78, 5) is 62.7. The van der Waals surface area contributed by atoms with Crippen molar-refractivity contribution in [2.24, 2.45) is 11.8 Å². The molecule has 1 aromatic rings. The molecule has 9 nitrogen and oxygen atoms in total. The second-order valence-electron chi connectivity index (χ2n) is 8.91. The lowest BCUT2D eigenvalue weighted by Crippen LogP contribution is -2.59. The molecule has 4 unspecified atom stereocenters.